The molecule has 0 unspecified atom stereocenters. The number of furan rings is 1. The molecule has 0 amide bonds. The van der Waals surface area contributed by atoms with Crippen molar-refractivity contribution in [2.45, 2.75) is 26.2 Å². The molecular formula is C10H12ClNO. The van der Waals surface area contributed by atoms with Gasteiger partial charge in [-0.25, -0.2) is 0 Å². The lowest BCUT2D eigenvalue weighted by Crippen LogP contribution is -2.10. The maximum Gasteiger partial charge on any atom is 0.196 e. The molecule has 2 nitrogen and oxygen atoms in total. The zero-order chi connectivity index (χ0) is 9.64. The van der Waals surface area contributed by atoms with E-state index in [9.17, 15) is 0 Å². The lowest BCUT2D eigenvalue weighted by molar-refractivity contribution is 0.571. The van der Waals surface area contributed by atoms with E-state index in [4.69, 9.17) is 16.0 Å². The maximum absolute atomic E-state index is 5.70. The second-order valence-corrected chi connectivity index (χ2v) is 4.63. The number of aromatic nitrogens is 1. The average Bonchev–Trinajstić information content (AvgIpc) is 2.40. The van der Waals surface area contributed by atoms with Gasteiger partial charge >= 0.3 is 0 Å². The Morgan fingerprint density at radius 1 is 1.31 bits per heavy atom. The van der Waals surface area contributed by atoms with Crippen molar-refractivity contribution in [3.63, 3.8) is 0 Å². The molecule has 0 aliphatic heterocycles. The number of H-pyrrole nitrogens is 1. The predicted molar refractivity (Wildman–Crippen MR) is 54.3 cm³/mol. The summed E-state index contributed by atoms with van der Waals surface area (Å²) in [6.45, 7) is 6.46. The van der Waals surface area contributed by atoms with Gasteiger partial charge in [0.15, 0.2) is 10.8 Å². The Kier molecular flexibility index (Phi) is 1.70. The van der Waals surface area contributed by atoms with Crippen molar-refractivity contribution >= 4 is 22.7 Å². The fourth-order valence-corrected chi connectivity index (χ4v) is 1.49. The largest absolute Gasteiger partial charge is 0.443 e. The summed E-state index contributed by atoms with van der Waals surface area (Å²) in [4.78, 5) is 3.28. The van der Waals surface area contributed by atoms with Crippen LogP contribution in [0, 0.1) is 0 Å². The maximum atomic E-state index is 5.70. The van der Waals surface area contributed by atoms with Gasteiger partial charge in [0.25, 0.3) is 0 Å². The van der Waals surface area contributed by atoms with Gasteiger partial charge in [0.2, 0.25) is 0 Å². The van der Waals surface area contributed by atoms with E-state index < -0.39 is 0 Å². The third-order valence-electron chi connectivity index (χ3n) is 2.08. The Labute approximate surface area is 81.9 Å². The standard InChI is InChI=1S/C10H12ClNO/c1-10(2,3)8-5-7-6(12-8)4-9(11)13-7/h4-5,12H,1-3H3. The van der Waals surface area contributed by atoms with Crippen molar-refractivity contribution in [1.82, 2.24) is 4.98 Å². The van der Waals surface area contributed by atoms with Gasteiger partial charge in [0.1, 0.15) is 0 Å². The molecule has 0 bridgehead atoms. The van der Waals surface area contributed by atoms with E-state index in [-0.39, 0.29) is 5.41 Å². The summed E-state index contributed by atoms with van der Waals surface area (Å²) in [5.41, 5.74) is 3.08. The van der Waals surface area contributed by atoms with E-state index in [2.05, 4.69) is 25.8 Å². The molecule has 3 heteroatoms. The summed E-state index contributed by atoms with van der Waals surface area (Å²) in [5, 5.41) is 0.432. The first-order valence-electron chi connectivity index (χ1n) is 4.25. The van der Waals surface area contributed by atoms with E-state index in [1.807, 2.05) is 6.07 Å². The molecule has 0 atom stereocenters. The zero-order valence-electron chi connectivity index (χ0n) is 7.94. The first-order valence-corrected chi connectivity index (χ1v) is 4.63. The van der Waals surface area contributed by atoms with Crippen molar-refractivity contribution in [2.75, 3.05) is 0 Å². The Morgan fingerprint density at radius 3 is 2.54 bits per heavy atom. The number of hydrogen-bond donors (Lipinski definition) is 1. The molecule has 2 aromatic rings. The van der Waals surface area contributed by atoms with Gasteiger partial charge < -0.3 is 9.40 Å². The summed E-state index contributed by atoms with van der Waals surface area (Å²) < 4.78 is 5.28. The van der Waals surface area contributed by atoms with Crippen LogP contribution in [-0.4, -0.2) is 4.98 Å². The highest BCUT2D eigenvalue weighted by Gasteiger charge is 2.17. The fraction of sp³-hybridized carbons (Fsp3) is 0.400. The van der Waals surface area contributed by atoms with Crippen LogP contribution in [0.4, 0.5) is 0 Å². The van der Waals surface area contributed by atoms with Gasteiger partial charge in [0.05, 0.1) is 5.52 Å². The number of hydrogen-bond acceptors (Lipinski definition) is 1. The predicted octanol–water partition coefficient (Wildman–Crippen LogP) is 3.71. The zero-order valence-corrected chi connectivity index (χ0v) is 8.70. The van der Waals surface area contributed by atoms with Crippen LogP contribution in [0.15, 0.2) is 16.5 Å². The Balaban J connectivity index is 2.57. The molecule has 2 heterocycles. The van der Waals surface area contributed by atoms with E-state index in [1.165, 1.54) is 0 Å². The summed E-state index contributed by atoms with van der Waals surface area (Å²) in [6.07, 6.45) is 0. The molecule has 70 valence electrons. The van der Waals surface area contributed by atoms with Crippen molar-refractivity contribution < 1.29 is 4.42 Å². The van der Waals surface area contributed by atoms with E-state index >= 15 is 0 Å². The second kappa shape index (κ2) is 2.55. The molecule has 2 aromatic heterocycles. The third kappa shape index (κ3) is 1.46. The van der Waals surface area contributed by atoms with Crippen molar-refractivity contribution in [3.05, 3.63) is 23.0 Å². The molecular weight excluding hydrogens is 186 g/mol. The van der Waals surface area contributed by atoms with Crippen LogP contribution in [0.3, 0.4) is 0 Å². The van der Waals surface area contributed by atoms with Crippen LogP contribution < -0.4 is 0 Å². The number of rotatable bonds is 0. The molecule has 0 fully saturated rings. The van der Waals surface area contributed by atoms with Gasteiger partial charge in [0, 0.05) is 23.2 Å². The van der Waals surface area contributed by atoms with Gasteiger partial charge in [-0.05, 0) is 11.6 Å². The topological polar surface area (TPSA) is 28.9 Å². The normalized spacial score (nSPS) is 12.6. The van der Waals surface area contributed by atoms with Crippen molar-refractivity contribution in [2.24, 2.45) is 0 Å². The molecule has 0 aliphatic rings. The van der Waals surface area contributed by atoms with E-state index in [0.717, 1.165) is 16.8 Å². The quantitative estimate of drug-likeness (QED) is 0.686. The number of aromatic amines is 1. The molecule has 0 radical (unpaired) electrons. The van der Waals surface area contributed by atoms with E-state index in [1.54, 1.807) is 6.07 Å². The summed E-state index contributed by atoms with van der Waals surface area (Å²) in [6, 6.07) is 3.80. The first kappa shape index (κ1) is 8.70. The highest BCUT2D eigenvalue weighted by Crippen LogP contribution is 2.28. The minimum absolute atomic E-state index is 0.119. The number of halogens is 1. The van der Waals surface area contributed by atoms with Crippen LogP contribution in [0.2, 0.25) is 5.22 Å². The van der Waals surface area contributed by atoms with Crippen LogP contribution >= 0.6 is 11.6 Å². The van der Waals surface area contributed by atoms with Gasteiger partial charge in [-0.15, -0.1) is 0 Å². The Morgan fingerprint density at radius 2 is 2.00 bits per heavy atom. The smallest absolute Gasteiger partial charge is 0.196 e. The van der Waals surface area contributed by atoms with Gasteiger partial charge in [-0.1, -0.05) is 20.8 Å². The lowest BCUT2D eigenvalue weighted by atomic mass is 9.93. The Hall–Kier alpha value is -0.890. The molecule has 13 heavy (non-hydrogen) atoms. The summed E-state index contributed by atoms with van der Waals surface area (Å²) >= 11 is 5.70. The molecule has 2 rings (SSSR count). The van der Waals surface area contributed by atoms with Gasteiger partial charge in [-0.2, -0.15) is 0 Å². The molecule has 0 aliphatic carbocycles. The molecule has 0 saturated heterocycles. The van der Waals surface area contributed by atoms with Gasteiger partial charge in [-0.3, -0.25) is 0 Å². The third-order valence-corrected chi connectivity index (χ3v) is 2.27. The van der Waals surface area contributed by atoms with Crippen LogP contribution in [-0.2, 0) is 5.41 Å². The molecule has 0 saturated carbocycles. The van der Waals surface area contributed by atoms with Crippen LogP contribution in [0.1, 0.15) is 26.5 Å². The molecule has 0 aromatic carbocycles. The highest BCUT2D eigenvalue weighted by molar-refractivity contribution is 6.29. The van der Waals surface area contributed by atoms with Crippen LogP contribution in [0.25, 0.3) is 11.1 Å². The molecule has 1 N–H and O–H groups in total. The molecule has 0 spiro atoms. The highest BCUT2D eigenvalue weighted by atomic mass is 35.5. The number of fused-ring (bicyclic) bond motifs is 1. The van der Waals surface area contributed by atoms with Crippen molar-refractivity contribution in [3.8, 4) is 0 Å². The monoisotopic (exact) mass is 197 g/mol. The second-order valence-electron chi connectivity index (χ2n) is 4.26. The summed E-state index contributed by atoms with van der Waals surface area (Å²) in [5.74, 6) is 0. The summed E-state index contributed by atoms with van der Waals surface area (Å²) in [7, 11) is 0. The minimum atomic E-state index is 0.119. The van der Waals surface area contributed by atoms with E-state index in [0.29, 0.717) is 5.22 Å². The SMILES string of the molecule is CC(C)(C)c1cc2oc(Cl)cc2[nH]1. The first-order chi connectivity index (χ1) is 5.97. The lowest BCUT2D eigenvalue weighted by Gasteiger charge is -2.15. The Bertz CT molecular complexity index is 402. The number of nitrogens with one attached hydrogen (secondary N) is 1. The van der Waals surface area contributed by atoms with Crippen LogP contribution in [0.5, 0.6) is 0 Å². The fourth-order valence-electron chi connectivity index (χ4n) is 1.30. The average molecular weight is 198 g/mol. The van der Waals surface area contributed by atoms with Crippen molar-refractivity contribution in [1.29, 1.82) is 0 Å². The minimum Gasteiger partial charge on any atom is -0.443 e.